The maximum absolute atomic E-state index is 12.9. The fourth-order valence-electron chi connectivity index (χ4n) is 3.03. The van der Waals surface area contributed by atoms with Crippen LogP contribution < -0.4 is 11.2 Å². The molecule has 0 aliphatic rings. The lowest BCUT2D eigenvalue weighted by atomic mass is 10.1. The van der Waals surface area contributed by atoms with Crippen LogP contribution in [-0.2, 0) is 24.6 Å². The summed E-state index contributed by atoms with van der Waals surface area (Å²) < 4.78 is 7.90. The Hall–Kier alpha value is -3.10. The van der Waals surface area contributed by atoms with E-state index in [4.69, 9.17) is 4.74 Å². The van der Waals surface area contributed by atoms with Gasteiger partial charge in [0.2, 0.25) is 0 Å². The predicted molar refractivity (Wildman–Crippen MR) is 113 cm³/mol. The van der Waals surface area contributed by atoms with E-state index >= 15 is 0 Å². The minimum absolute atomic E-state index is 0.0496. The number of rotatable bonds is 6. The van der Waals surface area contributed by atoms with Crippen molar-refractivity contribution in [2.75, 3.05) is 0 Å². The standard InChI is InChI=1S/C21H17BrN4O3/c22-19-20(27)25(14-29-13-15-6-2-1-3-7-15)21(28)26(24-19)12-17-9-4-8-16-10-5-11-23-18(16)17/h1-11H,12-14H2. The highest BCUT2D eigenvalue weighted by Crippen LogP contribution is 2.16. The molecule has 146 valence electrons. The molecule has 4 rings (SSSR count). The van der Waals surface area contributed by atoms with Crippen molar-refractivity contribution in [3.8, 4) is 0 Å². The Morgan fingerprint density at radius 1 is 0.966 bits per heavy atom. The first kappa shape index (κ1) is 19.2. The topological polar surface area (TPSA) is 79.0 Å². The SMILES string of the molecule is O=c1c(Br)nn(Cc2cccc3cccnc23)c(=O)n1COCc1ccccc1. The first-order chi connectivity index (χ1) is 14.1. The molecule has 0 N–H and O–H groups in total. The van der Waals surface area contributed by atoms with Crippen molar-refractivity contribution in [3.05, 3.63) is 103 Å². The van der Waals surface area contributed by atoms with Crippen molar-refractivity contribution in [1.82, 2.24) is 19.3 Å². The van der Waals surface area contributed by atoms with E-state index in [-0.39, 0.29) is 17.9 Å². The lowest BCUT2D eigenvalue weighted by molar-refractivity contribution is 0.0569. The Morgan fingerprint density at radius 3 is 2.59 bits per heavy atom. The van der Waals surface area contributed by atoms with Crippen LogP contribution in [0.15, 0.2) is 81.1 Å². The van der Waals surface area contributed by atoms with Gasteiger partial charge in [0.15, 0.2) is 4.60 Å². The number of hydrogen-bond acceptors (Lipinski definition) is 5. The van der Waals surface area contributed by atoms with E-state index < -0.39 is 11.2 Å². The summed E-state index contributed by atoms with van der Waals surface area (Å²) in [6.07, 6.45) is 1.70. The Morgan fingerprint density at radius 2 is 1.76 bits per heavy atom. The second kappa shape index (κ2) is 8.50. The van der Waals surface area contributed by atoms with Crippen molar-refractivity contribution in [3.63, 3.8) is 0 Å². The highest BCUT2D eigenvalue weighted by molar-refractivity contribution is 9.10. The van der Waals surface area contributed by atoms with E-state index in [0.29, 0.717) is 6.61 Å². The van der Waals surface area contributed by atoms with E-state index in [1.807, 2.05) is 60.7 Å². The average molecular weight is 453 g/mol. The molecular formula is C21H17BrN4O3. The molecule has 0 bridgehead atoms. The van der Waals surface area contributed by atoms with Crippen molar-refractivity contribution in [2.45, 2.75) is 19.9 Å². The van der Waals surface area contributed by atoms with Gasteiger partial charge in [0.05, 0.1) is 18.7 Å². The quantitative estimate of drug-likeness (QED) is 0.449. The van der Waals surface area contributed by atoms with Gasteiger partial charge in [-0.3, -0.25) is 9.78 Å². The fraction of sp³-hybridized carbons (Fsp3) is 0.143. The number of halogens is 1. The molecule has 0 aliphatic carbocycles. The third-order valence-electron chi connectivity index (χ3n) is 4.45. The van der Waals surface area contributed by atoms with E-state index in [9.17, 15) is 9.59 Å². The summed E-state index contributed by atoms with van der Waals surface area (Å²) in [6, 6.07) is 19.1. The fourth-order valence-corrected chi connectivity index (χ4v) is 3.44. The van der Waals surface area contributed by atoms with Gasteiger partial charge in [-0.15, -0.1) is 0 Å². The molecule has 0 atom stereocenters. The summed E-state index contributed by atoms with van der Waals surface area (Å²) in [5.74, 6) is 0. The zero-order chi connectivity index (χ0) is 20.2. The predicted octanol–water partition coefficient (Wildman–Crippen LogP) is 2.94. The number of para-hydroxylation sites is 1. The van der Waals surface area contributed by atoms with Crippen LogP contribution in [0.2, 0.25) is 0 Å². The van der Waals surface area contributed by atoms with Crippen LogP contribution in [0.5, 0.6) is 0 Å². The molecule has 29 heavy (non-hydrogen) atoms. The van der Waals surface area contributed by atoms with E-state index in [1.54, 1.807) is 6.20 Å². The third-order valence-corrected chi connectivity index (χ3v) is 4.95. The van der Waals surface area contributed by atoms with Crippen molar-refractivity contribution >= 4 is 26.8 Å². The van der Waals surface area contributed by atoms with Gasteiger partial charge in [-0.2, -0.15) is 5.10 Å². The second-order valence-corrected chi connectivity index (χ2v) is 7.17. The number of hydrogen-bond donors (Lipinski definition) is 0. The lowest BCUT2D eigenvalue weighted by Gasteiger charge is -2.11. The molecule has 7 nitrogen and oxygen atoms in total. The monoisotopic (exact) mass is 452 g/mol. The summed E-state index contributed by atoms with van der Waals surface area (Å²) in [7, 11) is 0. The Balaban J connectivity index is 1.63. The molecule has 2 aromatic carbocycles. The third kappa shape index (κ3) is 4.18. The molecule has 0 unspecified atom stereocenters. The molecule has 0 radical (unpaired) electrons. The van der Waals surface area contributed by atoms with Crippen LogP contribution >= 0.6 is 15.9 Å². The summed E-state index contributed by atoms with van der Waals surface area (Å²) in [5, 5.41) is 5.07. The molecular weight excluding hydrogens is 436 g/mol. The zero-order valence-corrected chi connectivity index (χ0v) is 16.9. The van der Waals surface area contributed by atoms with Crippen LogP contribution in [0.1, 0.15) is 11.1 Å². The zero-order valence-electron chi connectivity index (χ0n) is 15.4. The summed E-state index contributed by atoms with van der Waals surface area (Å²) in [6.45, 7) is 0.312. The van der Waals surface area contributed by atoms with Crippen LogP contribution in [0.3, 0.4) is 0 Å². The molecule has 0 aliphatic heterocycles. The summed E-state index contributed by atoms with van der Waals surface area (Å²) >= 11 is 3.16. The van der Waals surface area contributed by atoms with Crippen LogP contribution in [0, 0.1) is 0 Å². The molecule has 0 amide bonds. The molecule has 2 heterocycles. The van der Waals surface area contributed by atoms with Gasteiger partial charge < -0.3 is 4.74 Å². The van der Waals surface area contributed by atoms with E-state index in [0.717, 1.165) is 26.6 Å². The maximum Gasteiger partial charge on any atom is 0.349 e. The number of ether oxygens (including phenoxy) is 1. The van der Waals surface area contributed by atoms with Crippen LogP contribution in [-0.4, -0.2) is 19.3 Å². The smallest absolute Gasteiger partial charge is 0.349 e. The highest BCUT2D eigenvalue weighted by Gasteiger charge is 2.13. The Labute approximate surface area is 174 Å². The highest BCUT2D eigenvalue weighted by atomic mass is 79.9. The van der Waals surface area contributed by atoms with E-state index in [1.165, 1.54) is 4.68 Å². The molecule has 8 heteroatoms. The Bertz CT molecular complexity index is 1260. The number of fused-ring (bicyclic) bond motifs is 1. The number of benzene rings is 2. The molecule has 0 saturated carbocycles. The van der Waals surface area contributed by atoms with Crippen LogP contribution in [0.4, 0.5) is 0 Å². The first-order valence-electron chi connectivity index (χ1n) is 8.95. The summed E-state index contributed by atoms with van der Waals surface area (Å²) in [5.41, 5.74) is 1.50. The van der Waals surface area contributed by atoms with Gasteiger partial charge in [0.25, 0.3) is 5.56 Å². The molecule has 4 aromatic rings. The number of nitrogens with zero attached hydrogens (tertiary/aromatic N) is 4. The minimum Gasteiger partial charge on any atom is -0.356 e. The van der Waals surface area contributed by atoms with Crippen molar-refractivity contribution in [2.24, 2.45) is 0 Å². The Kier molecular flexibility index (Phi) is 5.64. The summed E-state index contributed by atoms with van der Waals surface area (Å²) in [4.78, 5) is 29.7. The second-order valence-electron chi connectivity index (χ2n) is 6.42. The maximum atomic E-state index is 12.9. The van der Waals surface area contributed by atoms with Gasteiger partial charge in [0, 0.05) is 17.1 Å². The van der Waals surface area contributed by atoms with Crippen molar-refractivity contribution < 1.29 is 4.74 Å². The van der Waals surface area contributed by atoms with Gasteiger partial charge in [-0.1, -0.05) is 54.6 Å². The van der Waals surface area contributed by atoms with Gasteiger partial charge in [-0.05, 0) is 27.6 Å². The first-order valence-corrected chi connectivity index (χ1v) is 9.74. The average Bonchev–Trinajstić information content (AvgIpc) is 2.75. The van der Waals surface area contributed by atoms with Gasteiger partial charge >= 0.3 is 5.69 Å². The number of pyridine rings is 1. The number of aromatic nitrogens is 4. The largest absolute Gasteiger partial charge is 0.356 e. The van der Waals surface area contributed by atoms with Gasteiger partial charge in [-0.25, -0.2) is 14.0 Å². The van der Waals surface area contributed by atoms with Crippen LogP contribution in [0.25, 0.3) is 10.9 Å². The molecule has 0 saturated heterocycles. The van der Waals surface area contributed by atoms with Crippen molar-refractivity contribution in [1.29, 1.82) is 0 Å². The lowest BCUT2D eigenvalue weighted by Crippen LogP contribution is -2.42. The normalized spacial score (nSPS) is 11.1. The molecule has 2 aromatic heterocycles. The van der Waals surface area contributed by atoms with E-state index in [2.05, 4.69) is 26.0 Å². The minimum atomic E-state index is -0.542. The molecule has 0 fully saturated rings. The van der Waals surface area contributed by atoms with Gasteiger partial charge in [0.1, 0.15) is 6.73 Å². The molecule has 0 spiro atoms.